The summed E-state index contributed by atoms with van der Waals surface area (Å²) in [7, 11) is 0. The van der Waals surface area contributed by atoms with Crippen LogP contribution in [0.4, 0.5) is 0 Å². The summed E-state index contributed by atoms with van der Waals surface area (Å²) in [5, 5.41) is 9.25. The Balaban J connectivity index is 1.57. The van der Waals surface area contributed by atoms with Crippen molar-refractivity contribution in [2.75, 3.05) is 6.61 Å². The molecular weight excluding hydrogens is 418 g/mol. The van der Waals surface area contributed by atoms with Crippen molar-refractivity contribution in [3.63, 3.8) is 0 Å². The molecule has 182 valence electrons. The summed E-state index contributed by atoms with van der Waals surface area (Å²) >= 11 is 0. The van der Waals surface area contributed by atoms with Crippen molar-refractivity contribution in [1.82, 2.24) is 4.98 Å². The van der Waals surface area contributed by atoms with Crippen molar-refractivity contribution in [3.05, 3.63) is 41.3 Å². The molecule has 1 aromatic carbocycles. The summed E-state index contributed by atoms with van der Waals surface area (Å²) in [4.78, 5) is 16.0. The largest absolute Gasteiger partial charge is 0.479 e. The molecule has 6 nitrogen and oxygen atoms in total. The number of hydrogen-bond acceptors (Lipinski definition) is 5. The van der Waals surface area contributed by atoms with Crippen LogP contribution in [-0.2, 0) is 33.7 Å². The molecular formula is C27H39NO5. The summed E-state index contributed by atoms with van der Waals surface area (Å²) in [6.07, 6.45) is 5.92. The number of carboxylic acid groups (broad SMARTS) is 1. The highest BCUT2D eigenvalue weighted by Crippen LogP contribution is 2.30. The van der Waals surface area contributed by atoms with Crippen LogP contribution in [-0.4, -0.2) is 34.4 Å². The van der Waals surface area contributed by atoms with E-state index in [2.05, 4.69) is 45.0 Å². The Kier molecular flexibility index (Phi) is 8.71. The number of aryl methyl sites for hydroxylation is 1. The van der Waals surface area contributed by atoms with E-state index in [0.29, 0.717) is 30.9 Å². The van der Waals surface area contributed by atoms with Gasteiger partial charge in [0.25, 0.3) is 0 Å². The number of carbonyl (C=O) groups is 1. The second-order valence-corrected chi connectivity index (χ2v) is 10.1. The van der Waals surface area contributed by atoms with Gasteiger partial charge in [-0.1, -0.05) is 39.3 Å². The van der Waals surface area contributed by atoms with Crippen LogP contribution in [0.5, 0.6) is 0 Å². The fourth-order valence-corrected chi connectivity index (χ4v) is 4.28. The van der Waals surface area contributed by atoms with E-state index >= 15 is 0 Å². The lowest BCUT2D eigenvalue weighted by molar-refractivity contribution is -0.163. The Bertz CT molecular complexity index is 900. The first-order chi connectivity index (χ1) is 15.7. The highest BCUT2D eigenvalue weighted by molar-refractivity contribution is 5.76. The second kappa shape index (κ2) is 11.3. The highest BCUT2D eigenvalue weighted by Gasteiger charge is 2.31. The van der Waals surface area contributed by atoms with Crippen molar-refractivity contribution in [3.8, 4) is 11.5 Å². The molecule has 0 saturated heterocycles. The van der Waals surface area contributed by atoms with Crippen LogP contribution < -0.4 is 0 Å². The maximum absolute atomic E-state index is 11.3. The molecule has 1 heterocycles. The normalized spacial score (nSPS) is 19.2. The first-order valence-electron chi connectivity index (χ1n) is 12.2. The van der Waals surface area contributed by atoms with Crippen LogP contribution >= 0.6 is 0 Å². The third kappa shape index (κ3) is 7.15. The molecule has 1 unspecified atom stereocenters. The van der Waals surface area contributed by atoms with Gasteiger partial charge < -0.3 is 19.0 Å². The van der Waals surface area contributed by atoms with E-state index in [1.807, 2.05) is 0 Å². The number of hydrogen-bond donors (Lipinski definition) is 1. The van der Waals surface area contributed by atoms with Crippen LogP contribution in [0.3, 0.4) is 0 Å². The molecule has 1 aromatic heterocycles. The van der Waals surface area contributed by atoms with Gasteiger partial charge >= 0.3 is 5.97 Å². The lowest BCUT2D eigenvalue weighted by Gasteiger charge is -2.31. The van der Waals surface area contributed by atoms with Gasteiger partial charge in [0.2, 0.25) is 5.89 Å². The Hall–Kier alpha value is -2.18. The molecule has 2 aromatic rings. The second-order valence-electron chi connectivity index (χ2n) is 10.1. The first-order valence-corrected chi connectivity index (χ1v) is 12.2. The molecule has 1 aliphatic rings. The topological polar surface area (TPSA) is 81.8 Å². The zero-order valence-electron chi connectivity index (χ0n) is 20.7. The maximum atomic E-state index is 11.3. The smallest absolute Gasteiger partial charge is 0.335 e. The molecule has 1 fully saturated rings. The van der Waals surface area contributed by atoms with Gasteiger partial charge in [-0.25, -0.2) is 9.78 Å². The highest BCUT2D eigenvalue weighted by atomic mass is 16.5. The quantitative estimate of drug-likeness (QED) is 0.442. The summed E-state index contributed by atoms with van der Waals surface area (Å²) in [5.41, 5.74) is 2.01. The van der Waals surface area contributed by atoms with E-state index in [-0.39, 0.29) is 6.10 Å². The molecule has 3 rings (SSSR count). The molecule has 0 spiro atoms. The van der Waals surface area contributed by atoms with E-state index < -0.39 is 11.6 Å². The van der Waals surface area contributed by atoms with Gasteiger partial charge in [-0.05, 0) is 69.1 Å². The number of nitrogens with zero attached hydrogens (tertiary/aromatic N) is 1. The van der Waals surface area contributed by atoms with Crippen molar-refractivity contribution < 1.29 is 23.8 Å². The predicted octanol–water partition coefficient (Wildman–Crippen LogP) is 6.06. The third-order valence-corrected chi connectivity index (χ3v) is 6.33. The molecule has 0 radical (unpaired) electrons. The zero-order valence-corrected chi connectivity index (χ0v) is 20.7. The van der Waals surface area contributed by atoms with E-state index in [9.17, 15) is 9.90 Å². The SMILES string of the molecule is CCc1oc(-c2ccc(CC(C)C)cc2)nc1CO[C@H]1CCCC(COC(C)(C)C(=O)O)C1. The Morgan fingerprint density at radius 3 is 2.61 bits per heavy atom. The van der Waals surface area contributed by atoms with Gasteiger partial charge in [-0.3, -0.25) is 0 Å². The number of rotatable bonds is 11. The van der Waals surface area contributed by atoms with Gasteiger partial charge in [0.15, 0.2) is 5.60 Å². The molecule has 6 heteroatoms. The van der Waals surface area contributed by atoms with Crippen molar-refractivity contribution in [2.45, 2.75) is 91.5 Å². The van der Waals surface area contributed by atoms with Gasteiger partial charge in [0.1, 0.15) is 11.5 Å². The van der Waals surface area contributed by atoms with Crippen molar-refractivity contribution in [1.29, 1.82) is 0 Å². The number of benzene rings is 1. The number of oxazole rings is 1. The number of aromatic nitrogens is 1. The average molecular weight is 458 g/mol. The monoisotopic (exact) mass is 457 g/mol. The van der Waals surface area contributed by atoms with Crippen LogP contribution in [0.15, 0.2) is 28.7 Å². The third-order valence-electron chi connectivity index (χ3n) is 6.33. The van der Waals surface area contributed by atoms with Crippen LogP contribution in [0, 0.1) is 11.8 Å². The average Bonchev–Trinajstić information content (AvgIpc) is 3.20. The van der Waals surface area contributed by atoms with E-state index in [1.54, 1.807) is 13.8 Å². The summed E-state index contributed by atoms with van der Waals surface area (Å²) in [6.45, 7) is 10.6. The van der Waals surface area contributed by atoms with E-state index in [0.717, 1.165) is 55.5 Å². The molecule has 0 amide bonds. The molecule has 33 heavy (non-hydrogen) atoms. The van der Waals surface area contributed by atoms with E-state index in [4.69, 9.17) is 18.9 Å². The number of carboxylic acids is 1. The summed E-state index contributed by atoms with van der Waals surface area (Å²) in [6, 6.07) is 8.46. The lowest BCUT2D eigenvalue weighted by Crippen LogP contribution is -2.37. The molecule has 1 N–H and O–H groups in total. The fourth-order valence-electron chi connectivity index (χ4n) is 4.28. The van der Waals surface area contributed by atoms with Crippen molar-refractivity contribution >= 4 is 5.97 Å². The molecule has 2 atom stereocenters. The minimum Gasteiger partial charge on any atom is -0.479 e. The minimum atomic E-state index is -1.16. The fraction of sp³-hybridized carbons (Fsp3) is 0.630. The first kappa shape index (κ1) is 25.4. The Morgan fingerprint density at radius 1 is 1.24 bits per heavy atom. The van der Waals surface area contributed by atoms with E-state index in [1.165, 1.54) is 5.56 Å². The zero-order chi connectivity index (χ0) is 24.0. The lowest BCUT2D eigenvalue weighted by atomic mass is 9.87. The predicted molar refractivity (Wildman–Crippen MR) is 128 cm³/mol. The van der Waals surface area contributed by atoms with Crippen LogP contribution in [0.2, 0.25) is 0 Å². The molecule has 0 aliphatic heterocycles. The standard InChI is InChI=1S/C27H39NO5/c1-6-24-23(28-25(33-24)21-12-10-19(11-13-21)14-18(2)3)17-31-22-9-7-8-20(15-22)16-32-27(4,5)26(29)30/h10-13,18,20,22H,6-9,14-17H2,1-5H3,(H,29,30)/t20?,22-/m0/s1. The molecule has 1 aliphatic carbocycles. The molecule has 1 saturated carbocycles. The maximum Gasteiger partial charge on any atom is 0.335 e. The molecule has 0 bridgehead atoms. The van der Waals surface area contributed by atoms with Gasteiger partial charge in [0, 0.05) is 12.0 Å². The number of ether oxygens (including phenoxy) is 2. The Morgan fingerprint density at radius 2 is 1.97 bits per heavy atom. The summed E-state index contributed by atoms with van der Waals surface area (Å²) < 4.78 is 18.0. The van der Waals surface area contributed by atoms with Crippen LogP contribution in [0.1, 0.15) is 77.3 Å². The van der Waals surface area contributed by atoms with Crippen LogP contribution in [0.25, 0.3) is 11.5 Å². The Labute approximate surface area is 197 Å². The summed E-state index contributed by atoms with van der Waals surface area (Å²) in [5.74, 6) is 1.52. The number of aliphatic carboxylic acids is 1. The van der Waals surface area contributed by atoms with Gasteiger partial charge in [0.05, 0.1) is 19.3 Å². The van der Waals surface area contributed by atoms with Gasteiger partial charge in [-0.15, -0.1) is 0 Å². The van der Waals surface area contributed by atoms with Gasteiger partial charge in [-0.2, -0.15) is 0 Å². The minimum absolute atomic E-state index is 0.125. The van der Waals surface area contributed by atoms with Crippen molar-refractivity contribution in [2.24, 2.45) is 11.8 Å².